The third-order valence-electron chi connectivity index (χ3n) is 3.91. The highest BCUT2D eigenvalue weighted by molar-refractivity contribution is 7.92. The molecule has 3 rings (SSSR count). The van der Waals surface area contributed by atoms with E-state index in [0.717, 1.165) is 16.8 Å². The van der Waals surface area contributed by atoms with Crippen LogP contribution in [0, 0.1) is 6.92 Å². The van der Waals surface area contributed by atoms with Crippen molar-refractivity contribution in [3.63, 3.8) is 0 Å². The van der Waals surface area contributed by atoms with E-state index in [-0.39, 0.29) is 5.75 Å². The molecule has 0 radical (unpaired) electrons. The molecule has 26 heavy (non-hydrogen) atoms. The van der Waals surface area contributed by atoms with Gasteiger partial charge in [-0.05, 0) is 36.8 Å². The molecule has 0 fully saturated rings. The summed E-state index contributed by atoms with van der Waals surface area (Å²) in [6, 6.07) is 25.7. The molecule has 132 valence electrons. The number of para-hydroxylation sites is 1. The van der Waals surface area contributed by atoms with Gasteiger partial charge in [0.05, 0.1) is 22.0 Å². The zero-order valence-electron chi connectivity index (χ0n) is 14.5. The monoisotopic (exact) mass is 364 g/mol. The fourth-order valence-corrected chi connectivity index (χ4v) is 3.77. The predicted molar refractivity (Wildman–Crippen MR) is 106 cm³/mol. The SMILES string of the molecule is Cc1ccc(S(=O)(=O)C/C(=N/Nc2ccccc2)c2ccccc2)cc1. The van der Waals surface area contributed by atoms with Crippen molar-refractivity contribution >= 4 is 21.2 Å². The number of benzene rings is 3. The van der Waals surface area contributed by atoms with Gasteiger partial charge in [0.15, 0.2) is 9.84 Å². The van der Waals surface area contributed by atoms with Crippen molar-refractivity contribution in [2.24, 2.45) is 5.10 Å². The second kappa shape index (κ2) is 7.97. The topological polar surface area (TPSA) is 58.5 Å². The average Bonchev–Trinajstić information content (AvgIpc) is 2.67. The van der Waals surface area contributed by atoms with Crippen molar-refractivity contribution in [2.45, 2.75) is 11.8 Å². The number of nitrogens with one attached hydrogen (secondary N) is 1. The van der Waals surface area contributed by atoms with Crippen molar-refractivity contribution in [2.75, 3.05) is 11.2 Å². The van der Waals surface area contributed by atoms with Gasteiger partial charge in [0.25, 0.3) is 0 Å². The predicted octanol–water partition coefficient (Wildman–Crippen LogP) is 4.29. The highest BCUT2D eigenvalue weighted by atomic mass is 32.2. The molecular weight excluding hydrogens is 344 g/mol. The van der Waals surface area contributed by atoms with E-state index in [1.54, 1.807) is 24.3 Å². The maximum absolute atomic E-state index is 12.8. The molecule has 3 aromatic rings. The third kappa shape index (κ3) is 4.58. The smallest absolute Gasteiger partial charge is 0.184 e. The highest BCUT2D eigenvalue weighted by Gasteiger charge is 2.19. The van der Waals surface area contributed by atoms with Crippen LogP contribution in [0.1, 0.15) is 11.1 Å². The number of hydrogen-bond donors (Lipinski definition) is 1. The van der Waals surface area contributed by atoms with Crippen molar-refractivity contribution < 1.29 is 8.42 Å². The van der Waals surface area contributed by atoms with Crippen LogP contribution >= 0.6 is 0 Å². The van der Waals surface area contributed by atoms with Gasteiger partial charge in [-0.3, -0.25) is 5.43 Å². The largest absolute Gasteiger partial charge is 0.278 e. The lowest BCUT2D eigenvalue weighted by Gasteiger charge is -2.10. The Morgan fingerprint density at radius 3 is 2.04 bits per heavy atom. The highest BCUT2D eigenvalue weighted by Crippen LogP contribution is 2.15. The quantitative estimate of drug-likeness (QED) is 0.524. The van der Waals surface area contributed by atoms with Crippen molar-refractivity contribution in [3.8, 4) is 0 Å². The molecule has 4 nitrogen and oxygen atoms in total. The molecular formula is C21H20N2O2S. The molecule has 0 bridgehead atoms. The van der Waals surface area contributed by atoms with Gasteiger partial charge < -0.3 is 0 Å². The Kier molecular flexibility index (Phi) is 5.49. The molecule has 0 atom stereocenters. The molecule has 0 saturated carbocycles. The maximum atomic E-state index is 12.8. The summed E-state index contributed by atoms with van der Waals surface area (Å²) in [6.45, 7) is 1.93. The van der Waals surface area contributed by atoms with Crippen LogP contribution in [0.15, 0.2) is 94.9 Å². The van der Waals surface area contributed by atoms with Crippen LogP contribution in [0.2, 0.25) is 0 Å². The van der Waals surface area contributed by atoms with E-state index in [0.29, 0.717) is 10.6 Å². The number of hydrogen-bond acceptors (Lipinski definition) is 4. The summed E-state index contributed by atoms with van der Waals surface area (Å²) in [4.78, 5) is 0.298. The van der Waals surface area contributed by atoms with Gasteiger partial charge in [-0.15, -0.1) is 0 Å². The van der Waals surface area contributed by atoms with E-state index in [2.05, 4.69) is 10.5 Å². The minimum Gasteiger partial charge on any atom is -0.278 e. The number of rotatable bonds is 6. The average molecular weight is 364 g/mol. The first-order valence-electron chi connectivity index (χ1n) is 8.27. The van der Waals surface area contributed by atoms with Gasteiger partial charge in [0.1, 0.15) is 0 Å². The molecule has 0 heterocycles. The molecule has 0 aliphatic carbocycles. The maximum Gasteiger partial charge on any atom is 0.184 e. The Labute approximate surface area is 154 Å². The summed E-state index contributed by atoms with van der Waals surface area (Å²) in [5, 5.41) is 4.38. The van der Waals surface area contributed by atoms with Gasteiger partial charge in [-0.2, -0.15) is 5.10 Å². The van der Waals surface area contributed by atoms with Gasteiger partial charge in [-0.25, -0.2) is 8.42 Å². The number of aryl methyl sites for hydroxylation is 1. The molecule has 3 aromatic carbocycles. The van der Waals surface area contributed by atoms with Crippen LogP contribution in [0.5, 0.6) is 0 Å². The molecule has 0 aliphatic heterocycles. The molecule has 1 N–H and O–H groups in total. The van der Waals surface area contributed by atoms with Crippen LogP contribution in [0.25, 0.3) is 0 Å². The second-order valence-electron chi connectivity index (χ2n) is 5.97. The molecule has 0 aromatic heterocycles. The van der Waals surface area contributed by atoms with Crippen LogP contribution < -0.4 is 5.43 Å². The van der Waals surface area contributed by atoms with Gasteiger partial charge in [0.2, 0.25) is 0 Å². The lowest BCUT2D eigenvalue weighted by Crippen LogP contribution is -2.19. The molecule has 0 amide bonds. The zero-order chi connectivity index (χ0) is 18.4. The lowest BCUT2D eigenvalue weighted by atomic mass is 10.1. The second-order valence-corrected chi connectivity index (χ2v) is 7.96. The summed E-state index contributed by atoms with van der Waals surface area (Å²) < 4.78 is 25.7. The van der Waals surface area contributed by atoms with Crippen molar-refractivity contribution in [1.29, 1.82) is 0 Å². The fourth-order valence-electron chi connectivity index (χ4n) is 2.46. The van der Waals surface area contributed by atoms with Gasteiger partial charge in [-0.1, -0.05) is 66.2 Å². The summed E-state index contributed by atoms with van der Waals surface area (Å²) in [7, 11) is -3.50. The summed E-state index contributed by atoms with van der Waals surface area (Å²) >= 11 is 0. The van der Waals surface area contributed by atoms with Crippen LogP contribution in [-0.4, -0.2) is 19.9 Å². The first-order chi connectivity index (χ1) is 12.5. The number of nitrogens with zero attached hydrogens (tertiary/aromatic N) is 1. The summed E-state index contributed by atoms with van der Waals surface area (Å²) in [5.74, 6) is -0.181. The molecule has 0 unspecified atom stereocenters. The Balaban J connectivity index is 1.92. The summed E-state index contributed by atoms with van der Waals surface area (Å²) in [6.07, 6.45) is 0. The molecule has 5 heteroatoms. The standard InChI is InChI=1S/C21H20N2O2S/c1-17-12-14-20(15-13-17)26(24,25)16-21(18-8-4-2-5-9-18)23-22-19-10-6-3-7-11-19/h2-15,22H,16H2,1H3/b23-21-. The Hall–Kier alpha value is -2.92. The zero-order valence-corrected chi connectivity index (χ0v) is 15.3. The normalized spacial score (nSPS) is 12.0. The van der Waals surface area contributed by atoms with E-state index in [1.165, 1.54) is 0 Å². The molecule has 0 aliphatic rings. The fraction of sp³-hybridized carbons (Fsp3) is 0.0952. The van der Waals surface area contributed by atoms with Gasteiger partial charge >= 0.3 is 0 Å². The van der Waals surface area contributed by atoms with Crippen molar-refractivity contribution in [3.05, 3.63) is 96.1 Å². The van der Waals surface area contributed by atoms with E-state index >= 15 is 0 Å². The van der Waals surface area contributed by atoms with Crippen LogP contribution in [0.4, 0.5) is 5.69 Å². The Bertz CT molecular complexity index is 981. The van der Waals surface area contributed by atoms with Crippen molar-refractivity contribution in [1.82, 2.24) is 0 Å². The first-order valence-corrected chi connectivity index (χ1v) is 9.92. The number of hydrazone groups is 1. The minimum absolute atomic E-state index is 0.181. The third-order valence-corrected chi connectivity index (χ3v) is 5.55. The minimum atomic E-state index is -3.50. The number of anilines is 1. The number of sulfone groups is 1. The van der Waals surface area contributed by atoms with Crippen LogP contribution in [0.3, 0.4) is 0 Å². The summed E-state index contributed by atoms with van der Waals surface area (Å²) in [5.41, 5.74) is 6.01. The Morgan fingerprint density at radius 2 is 1.42 bits per heavy atom. The van der Waals surface area contributed by atoms with E-state index in [9.17, 15) is 8.42 Å². The molecule has 0 spiro atoms. The van der Waals surface area contributed by atoms with Crippen LogP contribution in [-0.2, 0) is 9.84 Å². The van der Waals surface area contributed by atoms with Gasteiger partial charge in [0, 0.05) is 0 Å². The van der Waals surface area contributed by atoms with E-state index in [4.69, 9.17) is 0 Å². The first kappa shape index (κ1) is 17.9. The molecule has 0 saturated heterocycles. The van der Waals surface area contributed by atoms with E-state index < -0.39 is 9.84 Å². The van der Waals surface area contributed by atoms with E-state index in [1.807, 2.05) is 67.6 Å². The Morgan fingerprint density at radius 1 is 0.846 bits per heavy atom. The lowest BCUT2D eigenvalue weighted by molar-refractivity contribution is 0.600.